The molecule has 194 valence electrons. The van der Waals surface area contributed by atoms with Crippen molar-refractivity contribution in [3.8, 4) is 0 Å². The summed E-state index contributed by atoms with van der Waals surface area (Å²) in [6.45, 7) is 1.84. The van der Waals surface area contributed by atoms with Crippen molar-refractivity contribution in [2.24, 2.45) is 0 Å². The number of nitrogens with one attached hydrogen (secondary N) is 2. The van der Waals surface area contributed by atoms with Gasteiger partial charge in [0.2, 0.25) is 11.8 Å². The molecule has 0 bridgehead atoms. The van der Waals surface area contributed by atoms with Crippen molar-refractivity contribution in [3.05, 3.63) is 76.2 Å². The number of benzene rings is 2. The Balaban J connectivity index is 1.42. The monoisotopic (exact) mass is 536 g/mol. The van der Waals surface area contributed by atoms with E-state index in [1.807, 2.05) is 61.5 Å². The molecule has 2 amide bonds. The molecule has 1 aromatic heterocycles. The molecule has 0 aliphatic heterocycles. The predicted octanol–water partition coefficient (Wildman–Crippen LogP) is 6.49. The molecule has 0 saturated heterocycles. The lowest BCUT2D eigenvalue weighted by atomic mass is 9.96. The van der Waals surface area contributed by atoms with Gasteiger partial charge in [0.1, 0.15) is 5.00 Å². The number of thiophene rings is 1. The number of esters is 1. The summed E-state index contributed by atoms with van der Waals surface area (Å²) in [5.41, 5.74) is 3.18. The van der Waals surface area contributed by atoms with Gasteiger partial charge in [0.25, 0.3) is 0 Å². The summed E-state index contributed by atoms with van der Waals surface area (Å²) in [4.78, 5) is 40.3. The quantitative estimate of drug-likeness (QED) is 0.254. The van der Waals surface area contributed by atoms with Crippen molar-refractivity contribution in [1.29, 1.82) is 0 Å². The first-order valence-electron chi connectivity index (χ1n) is 12.6. The highest BCUT2D eigenvalue weighted by atomic mass is 32.2. The molecule has 0 radical (unpaired) electrons. The van der Waals surface area contributed by atoms with Crippen LogP contribution in [0.5, 0.6) is 0 Å². The minimum absolute atomic E-state index is 0.0947. The molecule has 1 heterocycles. The SMILES string of the molecule is COC(=O)c1c(NC(=O)C(C)Sc2cccc(NC(=O)Cc3ccccc3)c2)sc2c1CCCCCC2. The Kier molecular flexibility index (Phi) is 9.41. The van der Waals surface area contributed by atoms with Crippen molar-refractivity contribution in [3.63, 3.8) is 0 Å². The van der Waals surface area contributed by atoms with Gasteiger partial charge in [-0.15, -0.1) is 23.1 Å². The Morgan fingerprint density at radius 3 is 2.49 bits per heavy atom. The number of fused-ring (bicyclic) bond motifs is 1. The first-order valence-corrected chi connectivity index (χ1v) is 14.3. The van der Waals surface area contributed by atoms with E-state index < -0.39 is 11.2 Å². The van der Waals surface area contributed by atoms with Gasteiger partial charge in [0, 0.05) is 15.5 Å². The first kappa shape index (κ1) is 26.9. The number of carbonyl (C=O) groups excluding carboxylic acids is 3. The molecular formula is C29H32N2O4S2. The van der Waals surface area contributed by atoms with Crippen LogP contribution >= 0.6 is 23.1 Å². The Hall–Kier alpha value is -3.10. The second-order valence-corrected chi connectivity index (χ2v) is 11.6. The third-order valence-electron chi connectivity index (χ3n) is 6.30. The number of ether oxygens (including phenoxy) is 1. The molecule has 37 heavy (non-hydrogen) atoms. The summed E-state index contributed by atoms with van der Waals surface area (Å²) in [7, 11) is 1.38. The van der Waals surface area contributed by atoms with Crippen LogP contribution < -0.4 is 10.6 Å². The summed E-state index contributed by atoms with van der Waals surface area (Å²) in [6, 6.07) is 17.1. The van der Waals surface area contributed by atoms with Gasteiger partial charge in [-0.25, -0.2) is 4.79 Å². The molecule has 0 fully saturated rings. The molecule has 2 N–H and O–H groups in total. The average molecular weight is 537 g/mol. The molecule has 3 aromatic rings. The van der Waals surface area contributed by atoms with Gasteiger partial charge in [-0.05, 0) is 61.9 Å². The number of aryl methyl sites for hydroxylation is 1. The van der Waals surface area contributed by atoms with Gasteiger partial charge in [-0.2, -0.15) is 0 Å². The lowest BCUT2D eigenvalue weighted by Gasteiger charge is -2.13. The van der Waals surface area contributed by atoms with Crippen LogP contribution in [0, 0.1) is 0 Å². The van der Waals surface area contributed by atoms with E-state index in [9.17, 15) is 14.4 Å². The van der Waals surface area contributed by atoms with Crippen molar-refractivity contribution < 1.29 is 19.1 Å². The smallest absolute Gasteiger partial charge is 0.341 e. The number of anilines is 2. The maximum Gasteiger partial charge on any atom is 0.341 e. The number of methoxy groups -OCH3 is 1. The normalized spacial score (nSPS) is 14.0. The molecule has 0 spiro atoms. The summed E-state index contributed by atoms with van der Waals surface area (Å²) in [5.74, 6) is -0.668. The molecule has 8 heteroatoms. The topological polar surface area (TPSA) is 84.5 Å². The second-order valence-electron chi connectivity index (χ2n) is 9.10. The summed E-state index contributed by atoms with van der Waals surface area (Å²) >= 11 is 2.90. The number of hydrogen-bond acceptors (Lipinski definition) is 6. The van der Waals surface area contributed by atoms with Crippen LogP contribution in [0.2, 0.25) is 0 Å². The third kappa shape index (κ3) is 7.23. The van der Waals surface area contributed by atoms with Crippen LogP contribution in [0.3, 0.4) is 0 Å². The minimum atomic E-state index is -0.412. The highest BCUT2D eigenvalue weighted by Crippen LogP contribution is 2.38. The fourth-order valence-corrected chi connectivity index (χ4v) is 6.64. The zero-order valence-corrected chi connectivity index (χ0v) is 22.8. The Labute approximate surface area is 226 Å². The second kappa shape index (κ2) is 12.9. The van der Waals surface area contributed by atoms with Gasteiger partial charge in [-0.3, -0.25) is 9.59 Å². The number of hydrogen-bond donors (Lipinski definition) is 2. The van der Waals surface area contributed by atoms with Crippen molar-refractivity contribution in [2.45, 2.75) is 62.0 Å². The van der Waals surface area contributed by atoms with Gasteiger partial charge >= 0.3 is 5.97 Å². The molecule has 6 nitrogen and oxygen atoms in total. The lowest BCUT2D eigenvalue weighted by molar-refractivity contribution is -0.116. The Morgan fingerprint density at radius 1 is 0.973 bits per heavy atom. The maximum atomic E-state index is 13.1. The molecule has 1 aliphatic carbocycles. The van der Waals surface area contributed by atoms with Gasteiger partial charge in [0.15, 0.2) is 0 Å². The van der Waals surface area contributed by atoms with Gasteiger partial charge in [0.05, 0.1) is 24.3 Å². The molecule has 0 saturated carbocycles. The largest absolute Gasteiger partial charge is 0.465 e. The highest BCUT2D eigenvalue weighted by molar-refractivity contribution is 8.00. The molecule has 4 rings (SSSR count). The van der Waals surface area contributed by atoms with E-state index in [1.165, 1.54) is 41.5 Å². The molecule has 1 unspecified atom stereocenters. The Bertz CT molecular complexity index is 1260. The van der Waals surface area contributed by atoms with Crippen molar-refractivity contribution >= 4 is 51.6 Å². The fraction of sp³-hybridized carbons (Fsp3) is 0.345. The third-order valence-corrected chi connectivity index (χ3v) is 8.61. The van der Waals surface area contributed by atoms with E-state index in [-0.39, 0.29) is 11.8 Å². The van der Waals surface area contributed by atoms with E-state index in [1.54, 1.807) is 0 Å². The summed E-state index contributed by atoms with van der Waals surface area (Å²) in [6.07, 6.45) is 6.51. The number of amides is 2. The Morgan fingerprint density at radius 2 is 1.73 bits per heavy atom. The van der Waals surface area contributed by atoms with Gasteiger partial charge < -0.3 is 15.4 Å². The zero-order chi connectivity index (χ0) is 26.2. The molecule has 2 aromatic carbocycles. The summed E-state index contributed by atoms with van der Waals surface area (Å²) < 4.78 is 5.07. The zero-order valence-electron chi connectivity index (χ0n) is 21.2. The van der Waals surface area contributed by atoms with Crippen LogP contribution in [-0.4, -0.2) is 30.1 Å². The maximum absolute atomic E-state index is 13.1. The van der Waals surface area contributed by atoms with Crippen LogP contribution in [-0.2, 0) is 33.6 Å². The number of rotatable bonds is 8. The average Bonchev–Trinajstić information content (AvgIpc) is 3.19. The molecule has 1 aliphatic rings. The molecular weight excluding hydrogens is 504 g/mol. The first-order chi connectivity index (χ1) is 17.9. The van der Waals surface area contributed by atoms with E-state index in [4.69, 9.17) is 4.74 Å². The van der Waals surface area contributed by atoms with Crippen molar-refractivity contribution in [2.75, 3.05) is 17.7 Å². The number of thioether (sulfide) groups is 1. The highest BCUT2D eigenvalue weighted by Gasteiger charge is 2.27. The van der Waals surface area contributed by atoms with E-state index >= 15 is 0 Å². The van der Waals surface area contributed by atoms with E-state index in [2.05, 4.69) is 10.6 Å². The summed E-state index contributed by atoms with van der Waals surface area (Å²) in [5, 5.41) is 6.11. The van der Waals surface area contributed by atoms with Crippen molar-refractivity contribution in [1.82, 2.24) is 0 Å². The van der Waals surface area contributed by atoms with Crippen LogP contribution in [0.15, 0.2) is 59.5 Å². The van der Waals surface area contributed by atoms with Gasteiger partial charge in [-0.1, -0.05) is 49.2 Å². The van der Waals surface area contributed by atoms with Crippen LogP contribution in [0.4, 0.5) is 10.7 Å². The van der Waals surface area contributed by atoms with E-state index in [0.29, 0.717) is 22.7 Å². The molecule has 1 atom stereocenters. The predicted molar refractivity (Wildman–Crippen MR) is 151 cm³/mol. The van der Waals surface area contributed by atoms with Crippen LogP contribution in [0.25, 0.3) is 0 Å². The standard InChI is InChI=1S/C29H32N2O4S2/c1-19(36-22-14-10-13-21(18-22)30-25(32)17-20-11-6-5-7-12-20)27(33)31-28-26(29(34)35-2)23-15-8-3-4-9-16-24(23)37-28/h5-7,10-14,18-19H,3-4,8-9,15-17H2,1-2H3,(H,30,32)(H,31,33). The van der Waals surface area contributed by atoms with Crippen LogP contribution in [0.1, 0.15) is 59.0 Å². The number of carbonyl (C=O) groups is 3. The minimum Gasteiger partial charge on any atom is -0.465 e. The van der Waals surface area contributed by atoms with E-state index in [0.717, 1.165) is 48.1 Å². The lowest BCUT2D eigenvalue weighted by Crippen LogP contribution is -2.23. The fourth-order valence-electron chi connectivity index (χ4n) is 4.43.